The van der Waals surface area contributed by atoms with Crippen LogP contribution in [0.2, 0.25) is 5.15 Å². The number of carbonyl (C=O) groups is 1. The molecule has 1 heterocycles. The molecule has 1 N–H and O–H groups in total. The van der Waals surface area contributed by atoms with E-state index >= 15 is 0 Å². The lowest BCUT2D eigenvalue weighted by molar-refractivity contribution is -0.134. The third-order valence-corrected chi connectivity index (χ3v) is 11.3. The van der Waals surface area contributed by atoms with Gasteiger partial charge in [-0.3, -0.25) is 9.48 Å². The van der Waals surface area contributed by atoms with Crippen molar-refractivity contribution in [2.24, 2.45) is 52.8 Å². The average Bonchev–Trinajstić information content (AvgIpc) is 3.49. The second kappa shape index (κ2) is 8.07. The molecule has 6 rings (SSSR count). The van der Waals surface area contributed by atoms with E-state index < -0.39 is 5.60 Å². The Kier molecular flexibility index (Phi) is 5.47. The van der Waals surface area contributed by atoms with Gasteiger partial charge >= 0.3 is 0 Å². The number of hydrogen-bond donors (Lipinski definition) is 1. The predicted molar refractivity (Wildman–Crippen MR) is 130 cm³/mol. The van der Waals surface area contributed by atoms with Gasteiger partial charge in [0.25, 0.3) is 0 Å². The van der Waals surface area contributed by atoms with Crippen LogP contribution < -0.4 is 0 Å². The molecule has 0 saturated heterocycles. The van der Waals surface area contributed by atoms with Crippen molar-refractivity contribution in [2.45, 2.75) is 90.2 Å². The fourth-order valence-corrected chi connectivity index (χ4v) is 9.78. The standard InChI is InChI=1S/C28H38ClN3O2/c1-27(34)9-7-19-17(12-27)5-6-21-20(19)8-10-28(2)23(11-22(25(21)28)16-3-4-16)24(33)15-32-14-18(13-30)26(29)31-32/h14,16-17,19-23,25,34H,3-12,15H2,1-2H3/t17-,19+,20-,21-,22+,23-,25-,27-,28-/m1/s1. The zero-order valence-corrected chi connectivity index (χ0v) is 21.3. The lowest BCUT2D eigenvalue weighted by Gasteiger charge is -2.57. The number of aliphatic hydroxyl groups is 1. The van der Waals surface area contributed by atoms with Crippen LogP contribution in [0.15, 0.2) is 6.20 Å². The number of nitriles is 1. The molecule has 9 atom stereocenters. The molecule has 0 unspecified atom stereocenters. The molecule has 6 heteroatoms. The zero-order chi connectivity index (χ0) is 23.8. The molecule has 5 fully saturated rings. The van der Waals surface area contributed by atoms with E-state index in [1.165, 1.54) is 38.5 Å². The number of aromatic nitrogens is 2. The van der Waals surface area contributed by atoms with Crippen LogP contribution in [0.1, 0.15) is 83.6 Å². The van der Waals surface area contributed by atoms with Crippen LogP contribution in [0.5, 0.6) is 0 Å². The van der Waals surface area contributed by atoms with Crippen LogP contribution in [0.25, 0.3) is 0 Å². The Morgan fingerprint density at radius 3 is 2.56 bits per heavy atom. The minimum atomic E-state index is -0.473. The molecular weight excluding hydrogens is 446 g/mol. The Labute approximate surface area is 208 Å². The van der Waals surface area contributed by atoms with E-state index in [1.807, 2.05) is 6.92 Å². The van der Waals surface area contributed by atoms with Gasteiger partial charge in [0.15, 0.2) is 10.9 Å². The van der Waals surface area contributed by atoms with E-state index in [9.17, 15) is 15.2 Å². The highest BCUT2D eigenvalue weighted by molar-refractivity contribution is 6.30. The van der Waals surface area contributed by atoms with Gasteiger partial charge in [0.1, 0.15) is 11.6 Å². The van der Waals surface area contributed by atoms with Gasteiger partial charge in [0.2, 0.25) is 0 Å². The van der Waals surface area contributed by atoms with Crippen molar-refractivity contribution < 1.29 is 9.90 Å². The minimum absolute atomic E-state index is 0.0769. The first kappa shape index (κ1) is 23.0. The highest BCUT2D eigenvalue weighted by Crippen LogP contribution is 2.69. The van der Waals surface area contributed by atoms with Crippen molar-refractivity contribution in [1.29, 1.82) is 5.26 Å². The van der Waals surface area contributed by atoms with Gasteiger partial charge in [-0.25, -0.2) is 0 Å². The van der Waals surface area contributed by atoms with Gasteiger partial charge in [0.05, 0.1) is 12.1 Å². The summed E-state index contributed by atoms with van der Waals surface area (Å²) in [4.78, 5) is 13.7. The van der Waals surface area contributed by atoms with Crippen LogP contribution in [0.4, 0.5) is 0 Å². The average molecular weight is 484 g/mol. The molecule has 0 aliphatic heterocycles. The molecule has 0 spiro atoms. The summed E-state index contributed by atoms with van der Waals surface area (Å²) in [6, 6.07) is 2.06. The minimum Gasteiger partial charge on any atom is -0.390 e. The molecular formula is C28H38ClN3O2. The van der Waals surface area contributed by atoms with Crippen molar-refractivity contribution in [3.05, 3.63) is 16.9 Å². The molecule has 0 aromatic carbocycles. The SMILES string of the molecule is C[C@@]1(O)CC[C@H]2[C@H](CC[C@@H]3[C@@H]2CC[C@@]2(C)[C@H]3[C@H](C3CC3)C[C@@H]2C(=O)Cn2cc(C#N)c(Cl)n2)C1. The van der Waals surface area contributed by atoms with E-state index in [0.29, 0.717) is 23.3 Å². The Balaban J connectivity index is 1.25. The topological polar surface area (TPSA) is 78.9 Å². The first-order valence-electron chi connectivity index (χ1n) is 13.6. The molecule has 5 aliphatic carbocycles. The summed E-state index contributed by atoms with van der Waals surface area (Å²) >= 11 is 6.07. The van der Waals surface area contributed by atoms with Gasteiger partial charge in [-0.05, 0) is 118 Å². The van der Waals surface area contributed by atoms with Gasteiger partial charge in [-0.15, -0.1) is 0 Å². The van der Waals surface area contributed by atoms with Crippen LogP contribution in [0, 0.1) is 64.1 Å². The summed E-state index contributed by atoms with van der Waals surface area (Å²) in [5, 5.41) is 24.3. The number of rotatable bonds is 4. The monoisotopic (exact) mass is 483 g/mol. The van der Waals surface area contributed by atoms with Gasteiger partial charge in [-0.2, -0.15) is 10.4 Å². The Morgan fingerprint density at radius 1 is 1.12 bits per heavy atom. The lowest BCUT2D eigenvalue weighted by Crippen LogP contribution is -2.52. The normalized spacial score (nSPS) is 45.7. The third kappa shape index (κ3) is 3.66. The third-order valence-electron chi connectivity index (χ3n) is 11.1. The maximum absolute atomic E-state index is 13.7. The highest BCUT2D eigenvalue weighted by Gasteiger charge is 2.63. The number of Topliss-reactive ketones (excluding diaryl/α,β-unsaturated/α-hetero) is 1. The summed E-state index contributed by atoms with van der Waals surface area (Å²) < 4.78 is 1.58. The van der Waals surface area contributed by atoms with E-state index in [0.717, 1.165) is 49.4 Å². The van der Waals surface area contributed by atoms with E-state index in [4.69, 9.17) is 11.6 Å². The maximum Gasteiger partial charge on any atom is 0.168 e. The van der Waals surface area contributed by atoms with E-state index in [1.54, 1.807) is 10.9 Å². The van der Waals surface area contributed by atoms with E-state index in [2.05, 4.69) is 18.1 Å². The van der Waals surface area contributed by atoms with E-state index in [-0.39, 0.29) is 28.8 Å². The van der Waals surface area contributed by atoms with Crippen LogP contribution in [-0.4, -0.2) is 26.3 Å². The predicted octanol–water partition coefficient (Wildman–Crippen LogP) is 5.63. The van der Waals surface area contributed by atoms with Gasteiger partial charge in [0, 0.05) is 12.1 Å². The fourth-order valence-electron chi connectivity index (χ4n) is 9.59. The number of ketones is 1. The number of hydrogen-bond acceptors (Lipinski definition) is 4. The van der Waals surface area contributed by atoms with Crippen molar-refractivity contribution in [2.75, 3.05) is 0 Å². The van der Waals surface area contributed by atoms with Crippen LogP contribution in [0.3, 0.4) is 0 Å². The summed E-state index contributed by atoms with van der Waals surface area (Å²) in [5.41, 5.74) is -0.0584. The molecule has 0 amide bonds. The molecule has 184 valence electrons. The van der Waals surface area contributed by atoms with Gasteiger partial charge < -0.3 is 5.11 Å². The molecule has 1 aromatic rings. The molecule has 1 aromatic heterocycles. The Bertz CT molecular complexity index is 1020. The summed E-state index contributed by atoms with van der Waals surface area (Å²) in [6.45, 7) is 4.70. The Morgan fingerprint density at radius 2 is 1.85 bits per heavy atom. The number of fused-ring (bicyclic) bond motifs is 5. The first-order valence-corrected chi connectivity index (χ1v) is 14.0. The second-order valence-corrected chi connectivity index (χ2v) is 13.4. The fraction of sp³-hybridized carbons (Fsp3) is 0.821. The van der Waals surface area contributed by atoms with Crippen molar-refractivity contribution in [1.82, 2.24) is 9.78 Å². The molecule has 34 heavy (non-hydrogen) atoms. The molecule has 0 radical (unpaired) electrons. The number of halogens is 1. The molecule has 0 bridgehead atoms. The largest absolute Gasteiger partial charge is 0.390 e. The smallest absolute Gasteiger partial charge is 0.168 e. The summed E-state index contributed by atoms with van der Waals surface area (Å²) in [5.74, 6) is 5.51. The first-order chi connectivity index (χ1) is 16.2. The summed E-state index contributed by atoms with van der Waals surface area (Å²) in [7, 11) is 0. The van der Waals surface area contributed by atoms with Crippen molar-refractivity contribution in [3.63, 3.8) is 0 Å². The zero-order valence-electron chi connectivity index (χ0n) is 20.5. The quantitative estimate of drug-likeness (QED) is 0.601. The summed E-state index contributed by atoms with van der Waals surface area (Å²) in [6.07, 6.45) is 13.4. The van der Waals surface area contributed by atoms with Crippen LogP contribution in [-0.2, 0) is 11.3 Å². The van der Waals surface area contributed by atoms with Crippen LogP contribution >= 0.6 is 11.6 Å². The number of nitrogens with zero attached hydrogens (tertiary/aromatic N) is 3. The second-order valence-electron chi connectivity index (χ2n) is 13.0. The Hall–Kier alpha value is -1.38. The molecule has 5 aliphatic rings. The number of carbonyl (C=O) groups excluding carboxylic acids is 1. The van der Waals surface area contributed by atoms with Gasteiger partial charge in [-0.1, -0.05) is 18.5 Å². The van der Waals surface area contributed by atoms with Crippen molar-refractivity contribution in [3.8, 4) is 6.07 Å². The molecule has 5 saturated carbocycles. The highest BCUT2D eigenvalue weighted by atomic mass is 35.5. The molecule has 5 nitrogen and oxygen atoms in total. The lowest BCUT2D eigenvalue weighted by atomic mass is 9.48. The van der Waals surface area contributed by atoms with Crippen molar-refractivity contribution >= 4 is 17.4 Å². The maximum atomic E-state index is 13.7.